The monoisotopic (exact) mass is 493 g/mol. The zero-order chi connectivity index (χ0) is 19.2. The average molecular weight is 496 g/mol. The van der Waals surface area contributed by atoms with Gasteiger partial charge in [0.15, 0.2) is 5.11 Å². The van der Waals surface area contributed by atoms with Crippen LogP contribution in [0.25, 0.3) is 0 Å². The van der Waals surface area contributed by atoms with E-state index in [1.54, 1.807) is 0 Å². The van der Waals surface area contributed by atoms with Crippen LogP contribution < -0.4 is 16.0 Å². The number of amides is 1. The van der Waals surface area contributed by atoms with Crippen LogP contribution in [0.5, 0.6) is 0 Å². The van der Waals surface area contributed by atoms with Crippen molar-refractivity contribution < 1.29 is 4.79 Å². The van der Waals surface area contributed by atoms with Crippen molar-refractivity contribution in [3.05, 3.63) is 64.6 Å². The van der Waals surface area contributed by atoms with Gasteiger partial charge in [-0.3, -0.25) is 4.79 Å². The number of anilines is 1. The van der Waals surface area contributed by atoms with E-state index in [-0.39, 0.29) is 17.4 Å². The number of halogens is 4. The number of carbonyl (C=O) groups excluding carboxylic acids is 1. The molecule has 0 aliphatic heterocycles. The Morgan fingerprint density at radius 1 is 1.04 bits per heavy atom. The smallest absolute Gasteiger partial charge is 0.228 e. The highest BCUT2D eigenvalue weighted by atomic mass is 79.9. The van der Waals surface area contributed by atoms with Gasteiger partial charge < -0.3 is 16.0 Å². The number of alkyl halides is 3. The van der Waals surface area contributed by atoms with Gasteiger partial charge in [-0.2, -0.15) is 0 Å². The van der Waals surface area contributed by atoms with E-state index >= 15 is 0 Å². The maximum absolute atomic E-state index is 12.3. The Labute approximate surface area is 180 Å². The fourth-order valence-electron chi connectivity index (χ4n) is 2.02. The average Bonchev–Trinajstić information content (AvgIpc) is 2.56. The number of rotatable bonds is 5. The second kappa shape index (κ2) is 9.76. The van der Waals surface area contributed by atoms with E-state index in [1.165, 1.54) is 0 Å². The molecule has 0 aromatic heterocycles. The van der Waals surface area contributed by atoms with Crippen LogP contribution in [0.3, 0.4) is 0 Å². The molecule has 3 N–H and O–H groups in total. The van der Waals surface area contributed by atoms with Gasteiger partial charge in [0.25, 0.3) is 0 Å². The van der Waals surface area contributed by atoms with Crippen LogP contribution in [0, 0.1) is 0 Å². The van der Waals surface area contributed by atoms with Crippen LogP contribution in [0.4, 0.5) is 5.69 Å². The lowest BCUT2D eigenvalue weighted by atomic mass is 10.1. The highest BCUT2D eigenvalue weighted by Crippen LogP contribution is 2.29. The van der Waals surface area contributed by atoms with Gasteiger partial charge in [0, 0.05) is 10.2 Å². The lowest BCUT2D eigenvalue weighted by Gasteiger charge is -2.27. The SMILES string of the molecule is O=C(Cc1ccccc1)NC(NC(=S)Nc1ccc(Br)cc1)C(Cl)(Cl)Cl. The molecule has 0 saturated heterocycles. The molecule has 1 atom stereocenters. The summed E-state index contributed by atoms with van der Waals surface area (Å²) in [6.45, 7) is 0. The summed E-state index contributed by atoms with van der Waals surface area (Å²) < 4.78 is -0.855. The van der Waals surface area contributed by atoms with Crippen LogP contribution in [0.1, 0.15) is 5.56 Å². The number of thiocarbonyl (C=S) groups is 1. The molecule has 0 bridgehead atoms. The van der Waals surface area contributed by atoms with Gasteiger partial charge in [0.1, 0.15) is 6.17 Å². The van der Waals surface area contributed by atoms with Crippen molar-refractivity contribution in [3.63, 3.8) is 0 Å². The highest BCUT2D eigenvalue weighted by molar-refractivity contribution is 9.10. The van der Waals surface area contributed by atoms with E-state index < -0.39 is 9.96 Å². The number of benzene rings is 2. The van der Waals surface area contributed by atoms with E-state index in [2.05, 4.69) is 31.9 Å². The molecule has 26 heavy (non-hydrogen) atoms. The normalized spacial score (nSPS) is 12.2. The van der Waals surface area contributed by atoms with Crippen molar-refractivity contribution in [2.75, 3.05) is 5.32 Å². The topological polar surface area (TPSA) is 53.2 Å². The maximum atomic E-state index is 12.3. The maximum Gasteiger partial charge on any atom is 0.228 e. The molecule has 4 nitrogen and oxygen atoms in total. The summed E-state index contributed by atoms with van der Waals surface area (Å²) in [5.41, 5.74) is 1.60. The van der Waals surface area contributed by atoms with E-state index in [0.717, 1.165) is 15.7 Å². The first kappa shape index (κ1) is 21.3. The number of hydrogen-bond donors (Lipinski definition) is 3. The van der Waals surface area contributed by atoms with Crippen LogP contribution in [-0.2, 0) is 11.2 Å². The second-order valence-corrected chi connectivity index (χ2v) is 9.00. The number of hydrogen-bond acceptors (Lipinski definition) is 2. The summed E-state index contributed by atoms with van der Waals surface area (Å²) >= 11 is 26.5. The first-order valence-electron chi connectivity index (χ1n) is 7.47. The lowest BCUT2D eigenvalue weighted by Crippen LogP contribution is -2.56. The molecule has 0 aliphatic carbocycles. The van der Waals surface area contributed by atoms with Crippen LogP contribution in [-0.4, -0.2) is 21.0 Å². The molecule has 1 amide bonds. The molecule has 138 valence electrons. The first-order chi connectivity index (χ1) is 12.2. The molecule has 2 aromatic carbocycles. The molecule has 9 heteroatoms. The summed E-state index contributed by atoms with van der Waals surface area (Å²) in [7, 11) is 0. The Kier molecular flexibility index (Phi) is 7.98. The van der Waals surface area contributed by atoms with Crippen LogP contribution >= 0.6 is 63.0 Å². The van der Waals surface area contributed by atoms with Gasteiger partial charge in [0.05, 0.1) is 6.42 Å². The fraction of sp³-hybridized carbons (Fsp3) is 0.176. The number of carbonyl (C=O) groups is 1. The molecule has 0 aliphatic rings. The van der Waals surface area contributed by atoms with Crippen molar-refractivity contribution in [1.82, 2.24) is 10.6 Å². The van der Waals surface area contributed by atoms with Crippen molar-refractivity contribution in [2.24, 2.45) is 0 Å². The van der Waals surface area contributed by atoms with Crippen LogP contribution in [0.2, 0.25) is 0 Å². The third-order valence-electron chi connectivity index (χ3n) is 3.22. The van der Waals surface area contributed by atoms with E-state index in [1.807, 2.05) is 54.6 Å². The van der Waals surface area contributed by atoms with Gasteiger partial charge in [-0.25, -0.2) is 0 Å². The van der Waals surface area contributed by atoms with Gasteiger partial charge in [-0.15, -0.1) is 0 Å². The predicted molar refractivity (Wildman–Crippen MR) is 116 cm³/mol. The first-order valence-corrected chi connectivity index (χ1v) is 9.80. The standard InChI is InChI=1S/C17H15BrCl3N3OS/c18-12-6-8-13(9-7-12)22-16(26)24-15(17(19,20)21)23-14(25)10-11-4-2-1-3-5-11/h1-9,15H,10H2,(H,23,25)(H2,22,24,26). The summed E-state index contributed by atoms with van der Waals surface area (Å²) in [6.07, 6.45) is -0.841. The van der Waals surface area contributed by atoms with Gasteiger partial charge in [0.2, 0.25) is 9.70 Å². The van der Waals surface area contributed by atoms with E-state index in [0.29, 0.717) is 0 Å². The van der Waals surface area contributed by atoms with Gasteiger partial charge in [-0.1, -0.05) is 81.1 Å². The third-order valence-corrected chi connectivity index (χ3v) is 4.62. The number of nitrogens with one attached hydrogen (secondary N) is 3. The van der Waals surface area contributed by atoms with Crippen molar-refractivity contribution in [2.45, 2.75) is 16.4 Å². The van der Waals surface area contributed by atoms with Gasteiger partial charge >= 0.3 is 0 Å². The van der Waals surface area contributed by atoms with Crippen molar-refractivity contribution in [1.29, 1.82) is 0 Å². The summed E-state index contributed by atoms with van der Waals surface area (Å²) in [4.78, 5) is 12.3. The Morgan fingerprint density at radius 3 is 2.23 bits per heavy atom. The van der Waals surface area contributed by atoms with Crippen LogP contribution in [0.15, 0.2) is 59.1 Å². The lowest BCUT2D eigenvalue weighted by molar-refractivity contribution is -0.121. The molecule has 0 spiro atoms. The van der Waals surface area contributed by atoms with Crippen molar-refractivity contribution >= 4 is 79.7 Å². The molecule has 1 unspecified atom stereocenters. The molecule has 2 aromatic rings. The molecular formula is C17H15BrCl3N3OS. The minimum atomic E-state index is -1.79. The zero-order valence-corrected chi connectivity index (χ0v) is 18.0. The molecular weight excluding hydrogens is 481 g/mol. The summed E-state index contributed by atoms with van der Waals surface area (Å²) in [6, 6.07) is 16.6. The van der Waals surface area contributed by atoms with Gasteiger partial charge in [-0.05, 0) is 42.0 Å². The quantitative estimate of drug-likeness (QED) is 0.317. The summed E-state index contributed by atoms with van der Waals surface area (Å²) in [5, 5.41) is 8.65. The molecule has 0 saturated carbocycles. The second-order valence-electron chi connectivity index (χ2n) is 5.31. The summed E-state index contributed by atoms with van der Waals surface area (Å²) in [5.74, 6) is -0.300. The van der Waals surface area contributed by atoms with Crippen molar-refractivity contribution in [3.8, 4) is 0 Å². The molecule has 2 rings (SSSR count). The van der Waals surface area contributed by atoms with E-state index in [9.17, 15) is 4.79 Å². The Hall–Kier alpha value is -1.05. The highest BCUT2D eigenvalue weighted by Gasteiger charge is 2.34. The predicted octanol–water partition coefficient (Wildman–Crippen LogP) is 4.79. The molecule has 0 fully saturated rings. The minimum absolute atomic E-state index is 0.159. The Morgan fingerprint density at radius 2 is 1.65 bits per heavy atom. The van der Waals surface area contributed by atoms with E-state index in [4.69, 9.17) is 47.0 Å². The minimum Gasteiger partial charge on any atom is -0.339 e. The Bertz CT molecular complexity index is 754. The fourth-order valence-corrected chi connectivity index (χ4v) is 2.85. The largest absolute Gasteiger partial charge is 0.339 e. The molecule has 0 radical (unpaired) electrons. The zero-order valence-electron chi connectivity index (χ0n) is 13.3. The molecule has 0 heterocycles. The Balaban J connectivity index is 1.97. The third kappa shape index (κ3) is 7.29.